The van der Waals surface area contributed by atoms with E-state index < -0.39 is 12.3 Å². The minimum atomic E-state index is -4.33. The van der Waals surface area contributed by atoms with Crippen LogP contribution in [0.1, 0.15) is 32.3 Å². The lowest BCUT2D eigenvalue weighted by Gasteiger charge is -2.18. The van der Waals surface area contributed by atoms with E-state index >= 15 is 0 Å². The van der Waals surface area contributed by atoms with Gasteiger partial charge in [-0.25, -0.2) is 0 Å². The highest BCUT2D eigenvalue weighted by Crippen LogP contribution is 2.26. The Hall–Kier alpha value is -1.19. The maximum absolute atomic E-state index is 12.3. The molecular weight excluding hydrogens is 217 g/mol. The summed E-state index contributed by atoms with van der Waals surface area (Å²) in [5, 5.41) is 0. The van der Waals surface area contributed by atoms with E-state index in [2.05, 4.69) is 0 Å². The topological polar surface area (TPSA) is 9.23 Å². The summed E-state index contributed by atoms with van der Waals surface area (Å²) in [5.41, 5.74) is 0.965. The molecule has 0 radical (unpaired) electrons. The molecule has 1 aromatic rings. The SMILES string of the molecule is CC(C)c1cccc(OC(C)C(F)(F)F)c1. The molecule has 0 bridgehead atoms. The van der Waals surface area contributed by atoms with Crippen LogP contribution in [0.4, 0.5) is 13.2 Å². The normalized spacial score (nSPS) is 13.9. The molecule has 0 amide bonds. The Morgan fingerprint density at radius 1 is 1.12 bits per heavy atom. The lowest BCUT2D eigenvalue weighted by atomic mass is 10.0. The minimum absolute atomic E-state index is 0.260. The van der Waals surface area contributed by atoms with Gasteiger partial charge in [0.1, 0.15) is 5.75 Å². The summed E-state index contributed by atoms with van der Waals surface area (Å²) in [6, 6.07) is 6.75. The third kappa shape index (κ3) is 3.43. The summed E-state index contributed by atoms with van der Waals surface area (Å²) in [7, 11) is 0. The van der Waals surface area contributed by atoms with Crippen LogP contribution in [0.3, 0.4) is 0 Å². The summed E-state index contributed by atoms with van der Waals surface area (Å²) in [4.78, 5) is 0. The number of hydrogen-bond acceptors (Lipinski definition) is 1. The van der Waals surface area contributed by atoms with Crippen LogP contribution in [-0.2, 0) is 0 Å². The predicted octanol–water partition coefficient (Wildman–Crippen LogP) is 4.14. The van der Waals surface area contributed by atoms with E-state index in [1.165, 1.54) is 6.07 Å². The highest BCUT2D eigenvalue weighted by Gasteiger charge is 2.38. The summed E-state index contributed by atoms with van der Waals surface area (Å²) >= 11 is 0. The van der Waals surface area contributed by atoms with E-state index in [0.717, 1.165) is 12.5 Å². The van der Waals surface area contributed by atoms with E-state index in [0.29, 0.717) is 0 Å². The Morgan fingerprint density at radius 2 is 1.75 bits per heavy atom. The third-order valence-electron chi connectivity index (χ3n) is 2.30. The standard InChI is InChI=1S/C12H15F3O/c1-8(2)10-5-4-6-11(7-10)16-9(3)12(13,14)15/h4-9H,1-3H3. The van der Waals surface area contributed by atoms with Gasteiger partial charge >= 0.3 is 6.18 Å². The van der Waals surface area contributed by atoms with Gasteiger partial charge in [0, 0.05) is 0 Å². The molecule has 0 N–H and O–H groups in total. The van der Waals surface area contributed by atoms with Crippen molar-refractivity contribution in [2.24, 2.45) is 0 Å². The van der Waals surface area contributed by atoms with E-state index in [1.807, 2.05) is 19.9 Å². The molecule has 0 fully saturated rings. The van der Waals surface area contributed by atoms with Crippen LogP contribution in [0.2, 0.25) is 0 Å². The number of ether oxygens (including phenoxy) is 1. The highest BCUT2D eigenvalue weighted by atomic mass is 19.4. The monoisotopic (exact) mass is 232 g/mol. The number of alkyl halides is 3. The number of rotatable bonds is 3. The van der Waals surface area contributed by atoms with Gasteiger partial charge in [0.15, 0.2) is 6.10 Å². The van der Waals surface area contributed by atoms with Crippen molar-refractivity contribution in [3.8, 4) is 5.75 Å². The smallest absolute Gasteiger partial charge is 0.425 e. The summed E-state index contributed by atoms with van der Waals surface area (Å²) < 4.78 is 41.7. The van der Waals surface area contributed by atoms with Crippen LogP contribution in [0.5, 0.6) is 5.75 Å². The zero-order valence-electron chi connectivity index (χ0n) is 9.51. The van der Waals surface area contributed by atoms with Crippen molar-refractivity contribution in [2.75, 3.05) is 0 Å². The van der Waals surface area contributed by atoms with Crippen LogP contribution < -0.4 is 4.74 Å². The zero-order valence-corrected chi connectivity index (χ0v) is 9.51. The molecule has 0 saturated carbocycles. The van der Waals surface area contributed by atoms with Gasteiger partial charge < -0.3 is 4.74 Å². The maximum atomic E-state index is 12.3. The van der Waals surface area contributed by atoms with Gasteiger partial charge in [-0.05, 0) is 30.5 Å². The van der Waals surface area contributed by atoms with Crippen molar-refractivity contribution in [3.05, 3.63) is 29.8 Å². The van der Waals surface area contributed by atoms with Crippen LogP contribution in [-0.4, -0.2) is 12.3 Å². The summed E-state index contributed by atoms with van der Waals surface area (Å²) in [5.74, 6) is 0.528. The Balaban J connectivity index is 2.78. The molecule has 0 saturated heterocycles. The second kappa shape index (κ2) is 4.76. The van der Waals surface area contributed by atoms with Gasteiger partial charge in [-0.3, -0.25) is 0 Å². The first kappa shape index (κ1) is 12.9. The van der Waals surface area contributed by atoms with Gasteiger partial charge in [-0.2, -0.15) is 13.2 Å². The molecule has 0 aliphatic carbocycles. The lowest BCUT2D eigenvalue weighted by Crippen LogP contribution is -2.31. The molecule has 90 valence electrons. The average molecular weight is 232 g/mol. The minimum Gasteiger partial charge on any atom is -0.481 e. The van der Waals surface area contributed by atoms with E-state index in [-0.39, 0.29) is 11.7 Å². The molecule has 0 aromatic heterocycles. The lowest BCUT2D eigenvalue weighted by molar-refractivity contribution is -0.189. The van der Waals surface area contributed by atoms with Crippen molar-refractivity contribution < 1.29 is 17.9 Å². The second-order valence-electron chi connectivity index (χ2n) is 4.03. The van der Waals surface area contributed by atoms with Crippen LogP contribution in [0.15, 0.2) is 24.3 Å². The molecule has 0 aliphatic rings. The maximum Gasteiger partial charge on any atom is 0.425 e. The van der Waals surface area contributed by atoms with E-state index in [4.69, 9.17) is 4.74 Å². The first-order valence-electron chi connectivity index (χ1n) is 5.14. The number of benzene rings is 1. The van der Waals surface area contributed by atoms with Crippen molar-refractivity contribution in [1.82, 2.24) is 0 Å². The van der Waals surface area contributed by atoms with Crippen LogP contribution in [0.25, 0.3) is 0 Å². The molecule has 1 nitrogen and oxygen atoms in total. The van der Waals surface area contributed by atoms with Gasteiger partial charge in [0.2, 0.25) is 0 Å². The Labute approximate surface area is 93.2 Å². The molecule has 4 heteroatoms. The van der Waals surface area contributed by atoms with E-state index in [9.17, 15) is 13.2 Å². The molecule has 1 atom stereocenters. The molecule has 1 rings (SSSR count). The fourth-order valence-electron chi connectivity index (χ4n) is 1.22. The molecule has 0 aliphatic heterocycles. The van der Waals surface area contributed by atoms with Gasteiger partial charge in [0.25, 0.3) is 0 Å². The molecular formula is C12H15F3O. The van der Waals surface area contributed by atoms with Crippen LogP contribution in [0, 0.1) is 0 Å². The van der Waals surface area contributed by atoms with E-state index in [1.54, 1.807) is 12.1 Å². The third-order valence-corrected chi connectivity index (χ3v) is 2.30. The fourth-order valence-corrected chi connectivity index (χ4v) is 1.22. The molecule has 16 heavy (non-hydrogen) atoms. The summed E-state index contributed by atoms with van der Waals surface area (Å²) in [6.45, 7) is 4.96. The average Bonchev–Trinajstić information content (AvgIpc) is 2.16. The zero-order chi connectivity index (χ0) is 12.3. The van der Waals surface area contributed by atoms with Crippen LogP contribution >= 0.6 is 0 Å². The van der Waals surface area contributed by atoms with Crippen molar-refractivity contribution in [1.29, 1.82) is 0 Å². The largest absolute Gasteiger partial charge is 0.481 e. The molecule has 0 heterocycles. The summed E-state index contributed by atoms with van der Waals surface area (Å²) in [6.07, 6.45) is -6.11. The fraction of sp³-hybridized carbons (Fsp3) is 0.500. The predicted molar refractivity (Wildman–Crippen MR) is 56.7 cm³/mol. The number of halogens is 3. The first-order chi connectivity index (χ1) is 7.30. The van der Waals surface area contributed by atoms with Gasteiger partial charge in [-0.1, -0.05) is 26.0 Å². The second-order valence-corrected chi connectivity index (χ2v) is 4.03. The Morgan fingerprint density at radius 3 is 2.25 bits per heavy atom. The molecule has 0 spiro atoms. The van der Waals surface area contributed by atoms with Crippen molar-refractivity contribution in [3.63, 3.8) is 0 Å². The first-order valence-corrected chi connectivity index (χ1v) is 5.14. The quantitative estimate of drug-likeness (QED) is 0.761. The highest BCUT2D eigenvalue weighted by molar-refractivity contribution is 5.30. The van der Waals surface area contributed by atoms with Gasteiger partial charge in [-0.15, -0.1) is 0 Å². The molecule has 1 unspecified atom stereocenters. The van der Waals surface area contributed by atoms with Crippen molar-refractivity contribution >= 4 is 0 Å². The number of hydrogen-bond donors (Lipinski definition) is 0. The van der Waals surface area contributed by atoms with Gasteiger partial charge in [0.05, 0.1) is 0 Å². The Kier molecular flexibility index (Phi) is 3.83. The Bertz CT molecular complexity index is 344. The molecule has 1 aromatic carbocycles. The van der Waals surface area contributed by atoms with Crippen molar-refractivity contribution in [2.45, 2.75) is 39.0 Å².